The van der Waals surface area contributed by atoms with Gasteiger partial charge in [0.15, 0.2) is 0 Å². The van der Waals surface area contributed by atoms with E-state index in [-0.39, 0.29) is 17.5 Å². The van der Waals surface area contributed by atoms with Crippen molar-refractivity contribution in [3.63, 3.8) is 0 Å². The fraction of sp³-hybridized carbons (Fsp3) is 0.0625. The molecule has 1 heterocycles. The first-order chi connectivity index (χ1) is 10.2. The van der Waals surface area contributed by atoms with E-state index in [4.69, 9.17) is 16.3 Å². The minimum atomic E-state index is -0.516. The summed E-state index contributed by atoms with van der Waals surface area (Å²) in [4.78, 5) is 4.37. The van der Waals surface area contributed by atoms with Gasteiger partial charge in [-0.25, -0.2) is 9.37 Å². The number of aromatic nitrogens is 1. The van der Waals surface area contributed by atoms with Gasteiger partial charge in [0.25, 0.3) is 0 Å². The van der Waals surface area contributed by atoms with Gasteiger partial charge in [0.1, 0.15) is 11.6 Å². The Morgan fingerprint density at radius 2 is 1.95 bits per heavy atom. The molecule has 0 radical (unpaired) electrons. The van der Waals surface area contributed by atoms with E-state index in [9.17, 15) is 9.50 Å². The first-order valence-corrected chi connectivity index (χ1v) is 6.67. The zero-order valence-corrected chi connectivity index (χ0v) is 11.6. The molecule has 3 rings (SSSR count). The van der Waals surface area contributed by atoms with Gasteiger partial charge in [0.2, 0.25) is 5.88 Å². The number of hydrogen-bond donors (Lipinski definition) is 1. The van der Waals surface area contributed by atoms with Crippen LogP contribution in [0.5, 0.6) is 11.6 Å². The zero-order chi connectivity index (χ0) is 14.8. The molecule has 1 aromatic heterocycles. The molecule has 0 saturated heterocycles. The lowest BCUT2D eigenvalue weighted by molar-refractivity contribution is 0.275. The van der Waals surface area contributed by atoms with E-state index >= 15 is 0 Å². The standard InChI is InChI=1S/C16H11ClFNO2/c17-13-8-12(5-6-14(13)18)21-16-11(9-20)7-10-3-1-2-4-15(10)19-16/h1-8,20H,9H2. The van der Waals surface area contributed by atoms with Crippen LogP contribution in [0.15, 0.2) is 48.5 Å². The number of ether oxygens (including phenoxy) is 1. The van der Waals surface area contributed by atoms with Gasteiger partial charge in [-0.15, -0.1) is 0 Å². The van der Waals surface area contributed by atoms with Gasteiger partial charge in [-0.2, -0.15) is 0 Å². The third-order valence-corrected chi connectivity index (χ3v) is 3.33. The summed E-state index contributed by atoms with van der Waals surface area (Å²) >= 11 is 5.72. The Labute approximate surface area is 125 Å². The van der Waals surface area contributed by atoms with Crippen molar-refractivity contribution in [2.45, 2.75) is 6.61 Å². The molecule has 21 heavy (non-hydrogen) atoms. The van der Waals surface area contributed by atoms with Crippen molar-refractivity contribution in [2.24, 2.45) is 0 Å². The Bertz CT molecular complexity index is 807. The Balaban J connectivity index is 2.04. The molecule has 3 nitrogen and oxygen atoms in total. The van der Waals surface area contributed by atoms with Crippen LogP contribution in [0.3, 0.4) is 0 Å². The Kier molecular flexibility index (Phi) is 3.73. The topological polar surface area (TPSA) is 42.4 Å². The molecule has 2 aromatic carbocycles. The normalized spacial score (nSPS) is 10.8. The summed E-state index contributed by atoms with van der Waals surface area (Å²) in [5.74, 6) is 0.121. The third-order valence-electron chi connectivity index (χ3n) is 3.04. The number of fused-ring (bicyclic) bond motifs is 1. The van der Waals surface area contributed by atoms with Crippen LogP contribution in [-0.4, -0.2) is 10.1 Å². The smallest absolute Gasteiger partial charge is 0.225 e. The second kappa shape index (κ2) is 5.68. The Morgan fingerprint density at radius 3 is 2.71 bits per heavy atom. The molecule has 0 saturated carbocycles. The van der Waals surface area contributed by atoms with Crippen molar-refractivity contribution in [3.8, 4) is 11.6 Å². The molecule has 0 aliphatic carbocycles. The van der Waals surface area contributed by atoms with Crippen LogP contribution in [0.25, 0.3) is 10.9 Å². The predicted molar refractivity (Wildman–Crippen MR) is 79.1 cm³/mol. The number of aliphatic hydroxyl groups is 1. The minimum Gasteiger partial charge on any atom is -0.439 e. The van der Waals surface area contributed by atoms with Crippen LogP contribution in [0.1, 0.15) is 5.56 Å². The summed E-state index contributed by atoms with van der Waals surface area (Å²) < 4.78 is 18.8. The Morgan fingerprint density at radius 1 is 1.14 bits per heavy atom. The number of rotatable bonds is 3. The largest absolute Gasteiger partial charge is 0.439 e. The first kappa shape index (κ1) is 13.8. The van der Waals surface area contributed by atoms with Crippen LogP contribution in [0.4, 0.5) is 4.39 Å². The van der Waals surface area contributed by atoms with Gasteiger partial charge in [-0.3, -0.25) is 0 Å². The van der Waals surface area contributed by atoms with E-state index in [1.165, 1.54) is 18.2 Å². The van der Waals surface area contributed by atoms with E-state index in [1.807, 2.05) is 30.3 Å². The quantitative estimate of drug-likeness (QED) is 0.784. The summed E-state index contributed by atoms with van der Waals surface area (Å²) in [6, 6.07) is 13.4. The van der Waals surface area contributed by atoms with E-state index in [2.05, 4.69) is 4.98 Å². The summed E-state index contributed by atoms with van der Waals surface area (Å²) in [7, 11) is 0. The van der Waals surface area contributed by atoms with Crippen LogP contribution < -0.4 is 4.74 Å². The molecule has 0 bridgehead atoms. The molecule has 0 fully saturated rings. The number of aliphatic hydroxyl groups excluding tert-OH is 1. The third kappa shape index (κ3) is 2.82. The minimum absolute atomic E-state index is 0.0289. The molecular weight excluding hydrogens is 293 g/mol. The number of halogens is 2. The fourth-order valence-corrected chi connectivity index (χ4v) is 2.17. The highest BCUT2D eigenvalue weighted by molar-refractivity contribution is 6.30. The van der Waals surface area contributed by atoms with Crippen molar-refractivity contribution < 1.29 is 14.2 Å². The van der Waals surface area contributed by atoms with Crippen molar-refractivity contribution in [1.82, 2.24) is 4.98 Å². The van der Waals surface area contributed by atoms with E-state index in [0.717, 1.165) is 10.9 Å². The number of hydrogen-bond acceptors (Lipinski definition) is 3. The molecule has 0 aliphatic rings. The lowest BCUT2D eigenvalue weighted by atomic mass is 10.1. The molecule has 0 spiro atoms. The lowest BCUT2D eigenvalue weighted by Crippen LogP contribution is -1.96. The molecular formula is C16H11ClFNO2. The van der Waals surface area contributed by atoms with Crippen LogP contribution in [-0.2, 0) is 6.61 Å². The molecule has 0 amide bonds. The molecule has 3 aromatic rings. The summed E-state index contributed by atoms with van der Waals surface area (Å²) in [6.45, 7) is -0.206. The number of nitrogens with zero attached hydrogens (tertiary/aromatic N) is 1. The second-order valence-electron chi connectivity index (χ2n) is 4.48. The number of benzene rings is 2. The maximum atomic E-state index is 13.1. The summed E-state index contributed by atoms with van der Waals surface area (Å²) in [6.07, 6.45) is 0. The van der Waals surface area contributed by atoms with Crippen molar-refractivity contribution in [3.05, 3.63) is 64.9 Å². The van der Waals surface area contributed by atoms with Gasteiger partial charge >= 0.3 is 0 Å². The molecule has 0 unspecified atom stereocenters. The van der Waals surface area contributed by atoms with Crippen molar-refractivity contribution >= 4 is 22.5 Å². The van der Waals surface area contributed by atoms with Gasteiger partial charge in [-0.1, -0.05) is 29.8 Å². The maximum absolute atomic E-state index is 13.1. The van der Waals surface area contributed by atoms with Crippen LogP contribution >= 0.6 is 11.6 Å². The number of para-hydroxylation sites is 1. The fourth-order valence-electron chi connectivity index (χ4n) is 2.00. The predicted octanol–water partition coefficient (Wildman–Crippen LogP) is 4.31. The highest BCUT2D eigenvalue weighted by atomic mass is 35.5. The SMILES string of the molecule is OCc1cc2ccccc2nc1Oc1ccc(F)c(Cl)c1. The molecule has 0 aliphatic heterocycles. The molecule has 0 atom stereocenters. The lowest BCUT2D eigenvalue weighted by Gasteiger charge is -2.10. The van der Waals surface area contributed by atoms with Crippen LogP contribution in [0, 0.1) is 5.82 Å². The van der Waals surface area contributed by atoms with Gasteiger partial charge < -0.3 is 9.84 Å². The van der Waals surface area contributed by atoms with Crippen molar-refractivity contribution in [2.75, 3.05) is 0 Å². The summed E-state index contributed by atoms with van der Waals surface area (Å²) in [5, 5.41) is 10.3. The second-order valence-corrected chi connectivity index (χ2v) is 4.89. The van der Waals surface area contributed by atoms with Gasteiger partial charge in [-0.05, 0) is 24.3 Å². The summed E-state index contributed by atoms with van der Waals surface area (Å²) in [5.41, 5.74) is 1.30. The average Bonchev–Trinajstić information content (AvgIpc) is 2.50. The number of pyridine rings is 1. The highest BCUT2D eigenvalue weighted by Crippen LogP contribution is 2.29. The monoisotopic (exact) mass is 303 g/mol. The first-order valence-electron chi connectivity index (χ1n) is 6.30. The average molecular weight is 304 g/mol. The van der Waals surface area contributed by atoms with Gasteiger partial charge in [0, 0.05) is 17.0 Å². The van der Waals surface area contributed by atoms with Gasteiger partial charge in [0.05, 0.1) is 17.1 Å². The zero-order valence-electron chi connectivity index (χ0n) is 10.9. The van der Waals surface area contributed by atoms with E-state index in [1.54, 1.807) is 0 Å². The molecule has 106 valence electrons. The maximum Gasteiger partial charge on any atom is 0.225 e. The highest BCUT2D eigenvalue weighted by Gasteiger charge is 2.10. The molecule has 5 heteroatoms. The van der Waals surface area contributed by atoms with Crippen molar-refractivity contribution in [1.29, 1.82) is 0 Å². The molecule has 1 N–H and O–H groups in total. The van der Waals surface area contributed by atoms with Crippen LogP contribution in [0.2, 0.25) is 5.02 Å². The van der Waals surface area contributed by atoms with E-state index in [0.29, 0.717) is 11.3 Å². The Hall–Kier alpha value is -2.17. The van der Waals surface area contributed by atoms with E-state index < -0.39 is 5.82 Å².